The average molecular weight is 324 g/mol. The van der Waals surface area contributed by atoms with Crippen LogP contribution in [0, 0.1) is 11.3 Å². The number of carbonyl (C=O) groups excluding carboxylic acids is 1. The average Bonchev–Trinajstić information content (AvgIpc) is 2.52. The van der Waals surface area contributed by atoms with Crippen LogP contribution >= 0.6 is 11.6 Å². The lowest BCUT2D eigenvalue weighted by atomic mass is 10.2. The Morgan fingerprint density at radius 2 is 1.95 bits per heavy atom. The van der Waals surface area contributed by atoms with Gasteiger partial charge in [-0.15, -0.1) is 0 Å². The van der Waals surface area contributed by atoms with E-state index >= 15 is 0 Å². The molecule has 3 N–H and O–H groups in total. The molecular weight excluding hydrogens is 306 g/mol. The maximum absolute atomic E-state index is 12.1. The van der Waals surface area contributed by atoms with E-state index in [9.17, 15) is 4.79 Å². The smallest absolute Gasteiger partial charge is 0.266 e. The minimum Gasteiger partial charge on any atom is -0.395 e. The Hall–Kier alpha value is -2.07. The van der Waals surface area contributed by atoms with E-state index < -0.39 is 5.91 Å². The predicted molar refractivity (Wildman–Crippen MR) is 82.7 cm³/mol. The summed E-state index contributed by atoms with van der Waals surface area (Å²) in [5.74, 6) is -0.544. The predicted octanol–water partition coefficient (Wildman–Crippen LogP) is 0.650. The van der Waals surface area contributed by atoms with E-state index in [0.717, 1.165) is 5.56 Å². The van der Waals surface area contributed by atoms with Crippen molar-refractivity contribution >= 4 is 17.5 Å². The Labute approximate surface area is 134 Å². The second kappa shape index (κ2) is 9.79. The molecule has 0 saturated heterocycles. The fourth-order valence-corrected chi connectivity index (χ4v) is 1.98. The lowest BCUT2D eigenvalue weighted by Gasteiger charge is -2.20. The molecule has 22 heavy (non-hydrogen) atoms. The molecule has 0 atom stereocenters. The number of nitrogens with one attached hydrogen (secondary N) is 1. The first-order valence-corrected chi connectivity index (χ1v) is 7.10. The third-order valence-electron chi connectivity index (χ3n) is 2.87. The minimum atomic E-state index is -0.544. The monoisotopic (exact) mass is 323 g/mol. The van der Waals surface area contributed by atoms with Gasteiger partial charge in [-0.3, -0.25) is 4.79 Å². The zero-order valence-corrected chi connectivity index (χ0v) is 12.8. The van der Waals surface area contributed by atoms with Crippen LogP contribution in [0.3, 0.4) is 0 Å². The van der Waals surface area contributed by atoms with Gasteiger partial charge in [0.25, 0.3) is 5.91 Å². The van der Waals surface area contributed by atoms with Crippen molar-refractivity contribution in [2.45, 2.75) is 6.54 Å². The highest BCUT2D eigenvalue weighted by Gasteiger charge is 2.17. The second-order valence-electron chi connectivity index (χ2n) is 4.38. The van der Waals surface area contributed by atoms with E-state index in [1.807, 2.05) is 24.3 Å². The summed E-state index contributed by atoms with van der Waals surface area (Å²) in [5, 5.41) is 30.4. The third-order valence-corrected chi connectivity index (χ3v) is 3.24. The van der Waals surface area contributed by atoms with Gasteiger partial charge in [0.2, 0.25) is 0 Å². The number of nitrogens with zero attached hydrogens (tertiary/aromatic N) is 2. The summed E-state index contributed by atoms with van der Waals surface area (Å²) in [5.41, 5.74) is 0.738. The van der Waals surface area contributed by atoms with E-state index in [1.54, 1.807) is 6.07 Å². The first-order valence-electron chi connectivity index (χ1n) is 6.72. The Morgan fingerprint density at radius 1 is 1.32 bits per heavy atom. The summed E-state index contributed by atoms with van der Waals surface area (Å²) in [6, 6.07) is 9.05. The van der Waals surface area contributed by atoms with Crippen molar-refractivity contribution < 1.29 is 15.0 Å². The van der Waals surface area contributed by atoms with Crippen LogP contribution in [0.4, 0.5) is 0 Å². The maximum Gasteiger partial charge on any atom is 0.266 e. The first-order chi connectivity index (χ1) is 10.6. The Morgan fingerprint density at radius 3 is 2.50 bits per heavy atom. The molecule has 0 bridgehead atoms. The van der Waals surface area contributed by atoms with Crippen LogP contribution in [0.1, 0.15) is 5.56 Å². The van der Waals surface area contributed by atoms with E-state index in [2.05, 4.69) is 5.32 Å². The van der Waals surface area contributed by atoms with Gasteiger partial charge in [0.15, 0.2) is 0 Å². The number of amides is 1. The van der Waals surface area contributed by atoms with Gasteiger partial charge < -0.3 is 20.4 Å². The number of benzene rings is 1. The van der Waals surface area contributed by atoms with Crippen molar-refractivity contribution in [2.24, 2.45) is 0 Å². The Kier molecular flexibility index (Phi) is 8.00. The maximum atomic E-state index is 12.1. The number of hydrogen-bond donors (Lipinski definition) is 3. The zero-order chi connectivity index (χ0) is 16.4. The molecule has 7 heteroatoms. The molecule has 0 aliphatic heterocycles. The van der Waals surface area contributed by atoms with Gasteiger partial charge in [-0.2, -0.15) is 5.26 Å². The van der Waals surface area contributed by atoms with Gasteiger partial charge in [-0.1, -0.05) is 29.8 Å². The van der Waals surface area contributed by atoms with E-state index in [0.29, 0.717) is 11.6 Å². The number of nitriles is 1. The van der Waals surface area contributed by atoms with Crippen LogP contribution in [-0.2, 0) is 11.3 Å². The van der Waals surface area contributed by atoms with Gasteiger partial charge in [0.1, 0.15) is 11.6 Å². The Bertz CT molecular complexity index is 563. The molecule has 0 radical (unpaired) electrons. The molecule has 1 amide bonds. The van der Waals surface area contributed by atoms with Gasteiger partial charge in [0, 0.05) is 30.9 Å². The van der Waals surface area contributed by atoms with Gasteiger partial charge in [-0.05, 0) is 11.6 Å². The van der Waals surface area contributed by atoms with Crippen LogP contribution in [-0.4, -0.2) is 47.3 Å². The number of carbonyl (C=O) groups is 1. The molecule has 1 rings (SSSR count). The second-order valence-corrected chi connectivity index (χ2v) is 4.79. The normalized spacial score (nSPS) is 10.9. The first kappa shape index (κ1) is 18.0. The summed E-state index contributed by atoms with van der Waals surface area (Å²) in [6.45, 7) is 0.0129. The van der Waals surface area contributed by atoms with Crippen molar-refractivity contribution in [3.63, 3.8) is 0 Å². The van der Waals surface area contributed by atoms with Crippen molar-refractivity contribution in [3.05, 3.63) is 46.6 Å². The van der Waals surface area contributed by atoms with E-state index in [-0.39, 0.29) is 31.9 Å². The number of halogens is 1. The van der Waals surface area contributed by atoms with E-state index in [4.69, 9.17) is 27.1 Å². The SMILES string of the molecule is N#C/C(=C/NCc1ccccc1Cl)C(=O)N(CCO)CCO. The van der Waals surface area contributed by atoms with Gasteiger partial charge in [-0.25, -0.2) is 0 Å². The molecule has 118 valence electrons. The van der Waals surface area contributed by atoms with Gasteiger partial charge >= 0.3 is 0 Å². The van der Waals surface area contributed by atoms with Crippen LogP contribution in [0.15, 0.2) is 36.0 Å². The van der Waals surface area contributed by atoms with Crippen molar-refractivity contribution in [1.82, 2.24) is 10.2 Å². The van der Waals surface area contributed by atoms with Crippen molar-refractivity contribution in [3.8, 4) is 6.07 Å². The molecule has 1 aromatic carbocycles. The third kappa shape index (κ3) is 5.37. The highest BCUT2D eigenvalue weighted by Crippen LogP contribution is 2.14. The molecule has 6 nitrogen and oxygen atoms in total. The number of aliphatic hydroxyl groups is 2. The quantitative estimate of drug-likeness (QED) is 0.482. The summed E-state index contributed by atoms with van der Waals surface area (Å²) in [7, 11) is 0. The van der Waals surface area contributed by atoms with E-state index in [1.165, 1.54) is 11.1 Å². The van der Waals surface area contributed by atoms with Crippen molar-refractivity contribution in [2.75, 3.05) is 26.3 Å². The van der Waals surface area contributed by atoms with Crippen LogP contribution < -0.4 is 5.32 Å². The highest BCUT2D eigenvalue weighted by molar-refractivity contribution is 6.31. The fraction of sp³-hybridized carbons (Fsp3) is 0.333. The minimum absolute atomic E-state index is 0.0585. The number of aliphatic hydroxyl groups excluding tert-OH is 2. The Balaban J connectivity index is 2.71. The fourth-order valence-electron chi connectivity index (χ4n) is 1.77. The molecule has 0 fully saturated rings. The molecular formula is C15H18ClN3O3. The molecule has 0 heterocycles. The summed E-state index contributed by atoms with van der Waals surface area (Å²) < 4.78 is 0. The molecule has 0 aromatic heterocycles. The van der Waals surface area contributed by atoms with Gasteiger partial charge in [0.05, 0.1) is 13.2 Å². The molecule has 0 unspecified atom stereocenters. The highest BCUT2D eigenvalue weighted by atomic mass is 35.5. The molecule has 0 aliphatic rings. The summed E-state index contributed by atoms with van der Waals surface area (Å²) in [6.07, 6.45) is 1.31. The lowest BCUT2D eigenvalue weighted by molar-refractivity contribution is -0.127. The van der Waals surface area contributed by atoms with Crippen LogP contribution in [0.2, 0.25) is 5.02 Å². The van der Waals surface area contributed by atoms with Crippen LogP contribution in [0.25, 0.3) is 0 Å². The lowest BCUT2D eigenvalue weighted by Crippen LogP contribution is -2.37. The summed E-state index contributed by atoms with van der Waals surface area (Å²) in [4.78, 5) is 13.3. The molecule has 0 aliphatic carbocycles. The largest absolute Gasteiger partial charge is 0.395 e. The van der Waals surface area contributed by atoms with Crippen LogP contribution in [0.5, 0.6) is 0 Å². The molecule has 0 spiro atoms. The molecule has 0 saturated carbocycles. The topological polar surface area (TPSA) is 96.6 Å². The summed E-state index contributed by atoms with van der Waals surface area (Å²) >= 11 is 6.01. The standard InChI is InChI=1S/C15H18ClN3O3/c16-14-4-2-1-3-12(14)10-18-11-13(9-17)15(22)19(5-7-20)6-8-21/h1-4,11,18,20-21H,5-8,10H2/b13-11-. The molecule has 1 aromatic rings. The van der Waals surface area contributed by atoms with Crippen molar-refractivity contribution in [1.29, 1.82) is 5.26 Å². The number of hydrogen-bond acceptors (Lipinski definition) is 5. The zero-order valence-electron chi connectivity index (χ0n) is 12.0. The number of rotatable bonds is 8.